The lowest BCUT2D eigenvalue weighted by molar-refractivity contribution is 0.102. The van der Waals surface area contributed by atoms with E-state index in [-0.39, 0.29) is 5.02 Å². The maximum absolute atomic E-state index is 12.3. The number of nitrogens with zero attached hydrogens (tertiary/aromatic N) is 1. The fraction of sp³-hybridized carbons (Fsp3) is 0.0667. The van der Waals surface area contributed by atoms with Crippen LogP contribution in [0.15, 0.2) is 36.4 Å². The average molecular weight is 302 g/mol. The number of benzene rings is 2. The summed E-state index contributed by atoms with van der Waals surface area (Å²) in [4.78, 5) is 12.3. The topological polar surface area (TPSA) is 88.1 Å². The van der Waals surface area contributed by atoms with Crippen molar-refractivity contribution in [2.45, 2.75) is 0 Å². The zero-order valence-corrected chi connectivity index (χ0v) is 11.9. The molecule has 0 spiro atoms. The number of nitrogen functional groups attached to an aromatic ring is 1. The molecule has 0 radical (unpaired) electrons. The van der Waals surface area contributed by atoms with Crippen LogP contribution >= 0.6 is 11.6 Å². The molecule has 5 nitrogen and oxygen atoms in total. The molecule has 0 saturated heterocycles. The number of carbonyl (C=O) groups excluding carboxylic acids is 1. The molecule has 0 aliphatic carbocycles. The van der Waals surface area contributed by atoms with Crippen molar-refractivity contribution in [1.29, 1.82) is 5.26 Å². The van der Waals surface area contributed by atoms with Gasteiger partial charge in [-0.3, -0.25) is 4.79 Å². The third kappa shape index (κ3) is 3.07. The minimum Gasteiger partial charge on any atom is -0.494 e. The summed E-state index contributed by atoms with van der Waals surface area (Å²) in [5.74, 6) is -0.0921. The molecule has 0 aliphatic rings. The molecule has 6 heteroatoms. The second kappa shape index (κ2) is 6.16. The second-order valence-corrected chi connectivity index (χ2v) is 4.60. The van der Waals surface area contributed by atoms with Crippen molar-refractivity contribution < 1.29 is 9.53 Å². The van der Waals surface area contributed by atoms with Crippen LogP contribution in [0.25, 0.3) is 0 Å². The lowest BCUT2D eigenvalue weighted by Gasteiger charge is -2.12. The first kappa shape index (κ1) is 14.7. The minimum atomic E-state index is -0.397. The lowest BCUT2D eigenvalue weighted by atomic mass is 10.1. The van der Waals surface area contributed by atoms with Crippen LogP contribution < -0.4 is 15.8 Å². The molecule has 106 valence electrons. The quantitative estimate of drug-likeness (QED) is 0.853. The van der Waals surface area contributed by atoms with Gasteiger partial charge in [0.25, 0.3) is 5.91 Å². The van der Waals surface area contributed by atoms with Crippen molar-refractivity contribution in [3.63, 3.8) is 0 Å². The van der Waals surface area contributed by atoms with E-state index in [2.05, 4.69) is 5.32 Å². The number of hydrogen-bond acceptors (Lipinski definition) is 4. The van der Waals surface area contributed by atoms with Gasteiger partial charge in [-0.2, -0.15) is 5.26 Å². The first-order chi connectivity index (χ1) is 10.1. The molecule has 0 atom stereocenters. The fourth-order valence-electron chi connectivity index (χ4n) is 1.84. The molecule has 0 saturated carbocycles. The van der Waals surface area contributed by atoms with Gasteiger partial charge in [0, 0.05) is 0 Å². The molecule has 2 rings (SSSR count). The number of methoxy groups -OCH3 is 1. The van der Waals surface area contributed by atoms with Crippen LogP contribution in [-0.4, -0.2) is 13.0 Å². The summed E-state index contributed by atoms with van der Waals surface area (Å²) >= 11 is 6.02. The van der Waals surface area contributed by atoms with E-state index < -0.39 is 5.91 Å². The molecule has 2 aromatic carbocycles. The van der Waals surface area contributed by atoms with Gasteiger partial charge >= 0.3 is 0 Å². The Morgan fingerprint density at radius 1 is 1.38 bits per heavy atom. The van der Waals surface area contributed by atoms with Crippen LogP contribution in [0.3, 0.4) is 0 Å². The molecule has 21 heavy (non-hydrogen) atoms. The van der Waals surface area contributed by atoms with Gasteiger partial charge in [0.2, 0.25) is 0 Å². The summed E-state index contributed by atoms with van der Waals surface area (Å²) in [6.07, 6.45) is 0. The van der Waals surface area contributed by atoms with Gasteiger partial charge in [0.05, 0.1) is 40.7 Å². The predicted molar refractivity (Wildman–Crippen MR) is 81.5 cm³/mol. The number of anilines is 2. The Kier molecular flexibility index (Phi) is 4.31. The molecule has 0 unspecified atom stereocenters. The Bertz CT molecular complexity index is 738. The first-order valence-electron chi connectivity index (χ1n) is 6.00. The summed E-state index contributed by atoms with van der Waals surface area (Å²) in [7, 11) is 1.44. The van der Waals surface area contributed by atoms with E-state index in [9.17, 15) is 4.79 Å². The maximum Gasteiger partial charge on any atom is 0.259 e. The summed E-state index contributed by atoms with van der Waals surface area (Å²) in [5.41, 5.74) is 7.26. The largest absolute Gasteiger partial charge is 0.494 e. The standard InChI is InChI=1S/C15H12ClN3O2/c1-21-14-10(3-2-4-12(14)18)15(20)19-13-6-5-9(8-17)7-11(13)16/h2-7H,18H2,1H3,(H,19,20). The van der Waals surface area contributed by atoms with E-state index in [1.807, 2.05) is 6.07 Å². The Morgan fingerprint density at radius 3 is 2.76 bits per heavy atom. The van der Waals surface area contributed by atoms with Crippen molar-refractivity contribution in [2.24, 2.45) is 0 Å². The molecule has 0 aliphatic heterocycles. The van der Waals surface area contributed by atoms with Gasteiger partial charge in [-0.1, -0.05) is 17.7 Å². The van der Waals surface area contributed by atoms with Crippen molar-refractivity contribution in [1.82, 2.24) is 0 Å². The van der Waals surface area contributed by atoms with Crippen LogP contribution in [0, 0.1) is 11.3 Å². The maximum atomic E-state index is 12.3. The van der Waals surface area contributed by atoms with Gasteiger partial charge in [0.1, 0.15) is 0 Å². The monoisotopic (exact) mass is 301 g/mol. The molecular weight excluding hydrogens is 290 g/mol. The second-order valence-electron chi connectivity index (χ2n) is 4.19. The number of halogens is 1. The normalized spacial score (nSPS) is 9.76. The molecule has 0 aromatic heterocycles. The zero-order valence-electron chi connectivity index (χ0n) is 11.2. The van der Waals surface area contributed by atoms with Gasteiger partial charge in [-0.15, -0.1) is 0 Å². The number of nitrogens with two attached hydrogens (primary N) is 1. The Morgan fingerprint density at radius 2 is 2.14 bits per heavy atom. The van der Waals surface area contributed by atoms with Crippen molar-refractivity contribution in [3.05, 3.63) is 52.5 Å². The molecule has 3 N–H and O–H groups in total. The number of para-hydroxylation sites is 1. The number of rotatable bonds is 3. The number of hydrogen-bond donors (Lipinski definition) is 2. The molecule has 0 bridgehead atoms. The number of amides is 1. The summed E-state index contributed by atoms with van der Waals surface area (Å²) in [6.45, 7) is 0. The van der Waals surface area contributed by atoms with Gasteiger partial charge in [0.15, 0.2) is 5.75 Å². The highest BCUT2D eigenvalue weighted by Crippen LogP contribution is 2.28. The summed E-state index contributed by atoms with van der Waals surface area (Å²) < 4.78 is 5.14. The Labute approximate surface area is 126 Å². The zero-order chi connectivity index (χ0) is 15.4. The van der Waals surface area contributed by atoms with Gasteiger partial charge in [-0.25, -0.2) is 0 Å². The van der Waals surface area contributed by atoms with E-state index in [0.717, 1.165) is 0 Å². The highest BCUT2D eigenvalue weighted by Gasteiger charge is 2.15. The molecule has 1 amide bonds. The van der Waals surface area contributed by atoms with E-state index in [0.29, 0.717) is 28.3 Å². The molecular formula is C15H12ClN3O2. The van der Waals surface area contributed by atoms with Crippen LogP contribution in [0.5, 0.6) is 5.75 Å². The van der Waals surface area contributed by atoms with E-state index in [4.69, 9.17) is 27.3 Å². The highest BCUT2D eigenvalue weighted by molar-refractivity contribution is 6.34. The Balaban J connectivity index is 2.31. The van der Waals surface area contributed by atoms with Crippen molar-refractivity contribution in [2.75, 3.05) is 18.2 Å². The number of nitrogens with one attached hydrogen (secondary N) is 1. The number of ether oxygens (including phenoxy) is 1. The van der Waals surface area contributed by atoms with Crippen LogP contribution in [0.1, 0.15) is 15.9 Å². The first-order valence-corrected chi connectivity index (χ1v) is 6.38. The van der Waals surface area contributed by atoms with Gasteiger partial charge in [-0.05, 0) is 30.3 Å². The summed E-state index contributed by atoms with van der Waals surface area (Å²) in [5, 5.41) is 11.7. The third-order valence-electron chi connectivity index (χ3n) is 2.84. The fourth-order valence-corrected chi connectivity index (χ4v) is 2.06. The summed E-state index contributed by atoms with van der Waals surface area (Å²) in [6, 6.07) is 11.5. The van der Waals surface area contributed by atoms with E-state index in [1.54, 1.807) is 30.3 Å². The highest BCUT2D eigenvalue weighted by atomic mass is 35.5. The Hall–Kier alpha value is -2.71. The van der Waals surface area contributed by atoms with Crippen LogP contribution in [0.2, 0.25) is 5.02 Å². The van der Waals surface area contributed by atoms with Crippen molar-refractivity contribution >= 4 is 28.9 Å². The molecule has 0 fully saturated rings. The predicted octanol–water partition coefficient (Wildman–Crippen LogP) is 3.05. The molecule has 0 heterocycles. The number of carbonyl (C=O) groups is 1. The SMILES string of the molecule is COc1c(N)cccc1C(=O)Nc1ccc(C#N)cc1Cl. The van der Waals surface area contributed by atoms with Gasteiger partial charge < -0.3 is 15.8 Å². The van der Waals surface area contributed by atoms with E-state index in [1.165, 1.54) is 13.2 Å². The van der Waals surface area contributed by atoms with Crippen LogP contribution in [-0.2, 0) is 0 Å². The van der Waals surface area contributed by atoms with Crippen molar-refractivity contribution in [3.8, 4) is 11.8 Å². The van der Waals surface area contributed by atoms with Crippen LogP contribution in [0.4, 0.5) is 11.4 Å². The third-order valence-corrected chi connectivity index (χ3v) is 3.15. The smallest absolute Gasteiger partial charge is 0.259 e. The minimum absolute atomic E-state index is 0.283. The van der Waals surface area contributed by atoms with E-state index >= 15 is 0 Å². The average Bonchev–Trinajstić information content (AvgIpc) is 2.48. The molecule has 2 aromatic rings. The lowest BCUT2D eigenvalue weighted by Crippen LogP contribution is -2.14. The number of nitriles is 1.